The molecule has 0 saturated heterocycles. The Balaban J connectivity index is 1.76. The molecule has 3 aromatic rings. The molecule has 30 heavy (non-hydrogen) atoms. The van der Waals surface area contributed by atoms with Crippen molar-refractivity contribution in [1.29, 1.82) is 0 Å². The fraction of sp³-hybridized carbons (Fsp3) is 0.167. The van der Waals surface area contributed by atoms with Crippen molar-refractivity contribution in [2.75, 3.05) is 7.11 Å². The first-order chi connectivity index (χ1) is 14.6. The number of hydrogen-bond donors (Lipinski definition) is 2. The fourth-order valence-electron chi connectivity index (χ4n) is 3.73. The van der Waals surface area contributed by atoms with Crippen LogP contribution in [0.25, 0.3) is 10.8 Å². The molecule has 0 spiro atoms. The average molecular weight is 402 g/mol. The van der Waals surface area contributed by atoms with Crippen LogP contribution < -0.4 is 15.4 Å². The predicted molar refractivity (Wildman–Crippen MR) is 114 cm³/mol. The van der Waals surface area contributed by atoms with E-state index in [0.29, 0.717) is 17.0 Å². The van der Waals surface area contributed by atoms with Crippen LogP contribution in [0.4, 0.5) is 4.79 Å². The molecular weight excluding hydrogens is 380 g/mol. The molecule has 0 bridgehead atoms. The van der Waals surface area contributed by atoms with Crippen molar-refractivity contribution in [2.24, 2.45) is 0 Å². The minimum absolute atomic E-state index is 0.143. The van der Waals surface area contributed by atoms with Crippen LogP contribution in [0, 0.1) is 0 Å². The summed E-state index contributed by atoms with van der Waals surface area (Å²) in [6, 6.07) is 19.9. The normalized spacial score (nSPS) is 16.1. The molecule has 0 radical (unpaired) electrons. The Kier molecular flexibility index (Phi) is 5.39. The van der Waals surface area contributed by atoms with E-state index >= 15 is 0 Å². The van der Waals surface area contributed by atoms with E-state index in [4.69, 9.17) is 9.47 Å². The van der Waals surface area contributed by atoms with Crippen LogP contribution in [0.2, 0.25) is 0 Å². The van der Waals surface area contributed by atoms with Gasteiger partial charge in [-0.1, -0.05) is 60.7 Å². The second-order valence-electron chi connectivity index (χ2n) is 7.03. The molecule has 0 aromatic heterocycles. The number of methoxy groups -OCH3 is 1. The number of hydrogen-bond acceptors (Lipinski definition) is 4. The molecule has 1 atom stereocenters. The Hall–Kier alpha value is -3.80. The van der Waals surface area contributed by atoms with Crippen molar-refractivity contribution < 1.29 is 19.1 Å². The lowest BCUT2D eigenvalue weighted by molar-refractivity contribution is -0.140. The highest BCUT2D eigenvalue weighted by Crippen LogP contribution is 2.38. The van der Waals surface area contributed by atoms with Gasteiger partial charge < -0.3 is 20.1 Å². The van der Waals surface area contributed by atoms with Gasteiger partial charge in [-0.2, -0.15) is 0 Å². The highest BCUT2D eigenvalue weighted by molar-refractivity contribution is 5.98. The third-order valence-electron chi connectivity index (χ3n) is 5.14. The van der Waals surface area contributed by atoms with Gasteiger partial charge in [0.05, 0.1) is 18.7 Å². The van der Waals surface area contributed by atoms with E-state index in [0.717, 1.165) is 21.9 Å². The monoisotopic (exact) mass is 402 g/mol. The third-order valence-corrected chi connectivity index (χ3v) is 5.14. The molecule has 2 amide bonds. The van der Waals surface area contributed by atoms with Gasteiger partial charge in [-0.05, 0) is 29.3 Å². The average Bonchev–Trinajstić information content (AvgIpc) is 2.76. The lowest BCUT2D eigenvalue weighted by atomic mass is 9.90. The topological polar surface area (TPSA) is 76.7 Å². The molecule has 0 aliphatic carbocycles. The second-order valence-corrected chi connectivity index (χ2v) is 7.03. The summed E-state index contributed by atoms with van der Waals surface area (Å²) in [5.74, 6) is 0.0888. The highest BCUT2D eigenvalue weighted by Gasteiger charge is 2.35. The van der Waals surface area contributed by atoms with Gasteiger partial charge in [-0.25, -0.2) is 9.59 Å². The SMILES string of the molecule is COc1ccc2ccccc2c1C1NC(=O)NC(C)=C1C(=O)OCc1ccccc1. The number of benzene rings is 3. The van der Waals surface area contributed by atoms with Gasteiger partial charge in [-0.3, -0.25) is 0 Å². The summed E-state index contributed by atoms with van der Waals surface area (Å²) in [4.78, 5) is 25.4. The second kappa shape index (κ2) is 8.29. The number of nitrogens with one attached hydrogen (secondary N) is 2. The first kappa shape index (κ1) is 19.5. The summed E-state index contributed by atoms with van der Waals surface area (Å²) in [6.07, 6.45) is 0. The lowest BCUT2D eigenvalue weighted by Gasteiger charge is -2.30. The Morgan fingerprint density at radius 1 is 1.00 bits per heavy atom. The zero-order valence-electron chi connectivity index (χ0n) is 16.8. The van der Waals surface area contributed by atoms with E-state index in [2.05, 4.69) is 10.6 Å². The van der Waals surface area contributed by atoms with E-state index in [-0.39, 0.29) is 12.6 Å². The first-order valence-electron chi connectivity index (χ1n) is 9.63. The Bertz CT molecular complexity index is 1140. The van der Waals surface area contributed by atoms with Gasteiger partial charge in [0.25, 0.3) is 0 Å². The summed E-state index contributed by atoms with van der Waals surface area (Å²) in [5.41, 5.74) is 2.41. The maximum Gasteiger partial charge on any atom is 0.338 e. The van der Waals surface area contributed by atoms with Gasteiger partial charge in [0.15, 0.2) is 0 Å². The Labute approximate surface area is 174 Å². The summed E-state index contributed by atoms with van der Waals surface area (Å²) in [7, 11) is 1.57. The largest absolute Gasteiger partial charge is 0.496 e. The van der Waals surface area contributed by atoms with Gasteiger partial charge in [0, 0.05) is 11.3 Å². The molecule has 6 heteroatoms. The van der Waals surface area contributed by atoms with Crippen molar-refractivity contribution in [3.63, 3.8) is 0 Å². The summed E-state index contributed by atoms with van der Waals surface area (Å²) in [6.45, 7) is 1.84. The molecule has 1 aliphatic heterocycles. The van der Waals surface area contributed by atoms with Crippen LogP contribution in [-0.2, 0) is 16.1 Å². The fourth-order valence-corrected chi connectivity index (χ4v) is 3.73. The summed E-state index contributed by atoms with van der Waals surface area (Å²) < 4.78 is 11.2. The molecule has 1 aliphatic rings. The van der Waals surface area contributed by atoms with Crippen molar-refractivity contribution in [3.05, 3.63) is 89.1 Å². The minimum atomic E-state index is -0.705. The number of carbonyl (C=O) groups excluding carboxylic acids is 2. The highest BCUT2D eigenvalue weighted by atomic mass is 16.5. The predicted octanol–water partition coefficient (Wildman–Crippen LogP) is 4.22. The van der Waals surface area contributed by atoms with Crippen molar-refractivity contribution in [2.45, 2.75) is 19.6 Å². The number of amides is 2. The molecule has 1 heterocycles. The molecule has 0 saturated carbocycles. The van der Waals surface area contributed by atoms with E-state index in [1.807, 2.05) is 66.7 Å². The molecular formula is C24H22N2O4. The molecule has 1 unspecified atom stereocenters. The smallest absolute Gasteiger partial charge is 0.338 e. The van der Waals surface area contributed by atoms with E-state index < -0.39 is 12.0 Å². The van der Waals surface area contributed by atoms with Gasteiger partial charge >= 0.3 is 12.0 Å². The van der Waals surface area contributed by atoms with E-state index in [9.17, 15) is 9.59 Å². The summed E-state index contributed by atoms with van der Waals surface area (Å²) >= 11 is 0. The third kappa shape index (κ3) is 3.72. The van der Waals surface area contributed by atoms with Crippen LogP contribution in [-0.4, -0.2) is 19.1 Å². The molecule has 152 valence electrons. The quantitative estimate of drug-likeness (QED) is 0.627. The molecule has 6 nitrogen and oxygen atoms in total. The number of carbonyl (C=O) groups is 2. The molecule has 0 fully saturated rings. The standard InChI is InChI=1S/C24H22N2O4/c1-15-20(23(27)30-14-16-8-4-3-5-9-16)22(26-24(28)25-15)21-18-11-7-6-10-17(18)12-13-19(21)29-2/h3-13,22H,14H2,1-2H3,(H2,25,26,28). The van der Waals surface area contributed by atoms with Crippen LogP contribution in [0.1, 0.15) is 24.1 Å². The van der Waals surface area contributed by atoms with Crippen molar-refractivity contribution in [1.82, 2.24) is 10.6 Å². The number of urea groups is 1. The van der Waals surface area contributed by atoms with Crippen LogP contribution in [0.5, 0.6) is 5.75 Å². The number of rotatable bonds is 5. The number of fused-ring (bicyclic) bond motifs is 1. The molecule has 2 N–H and O–H groups in total. The van der Waals surface area contributed by atoms with Crippen molar-refractivity contribution in [3.8, 4) is 5.75 Å². The van der Waals surface area contributed by atoms with E-state index in [1.54, 1.807) is 14.0 Å². The first-order valence-corrected chi connectivity index (χ1v) is 9.63. The lowest BCUT2D eigenvalue weighted by Crippen LogP contribution is -2.45. The zero-order valence-corrected chi connectivity index (χ0v) is 16.8. The van der Waals surface area contributed by atoms with Gasteiger partial charge in [0.2, 0.25) is 0 Å². The van der Waals surface area contributed by atoms with Crippen LogP contribution >= 0.6 is 0 Å². The van der Waals surface area contributed by atoms with Crippen molar-refractivity contribution >= 4 is 22.8 Å². The maximum atomic E-state index is 13.1. The van der Waals surface area contributed by atoms with Crippen LogP contribution in [0.3, 0.4) is 0 Å². The number of esters is 1. The van der Waals surface area contributed by atoms with Crippen LogP contribution in [0.15, 0.2) is 78.0 Å². The van der Waals surface area contributed by atoms with Gasteiger partial charge in [-0.15, -0.1) is 0 Å². The molecule has 4 rings (SSSR count). The summed E-state index contributed by atoms with van der Waals surface area (Å²) in [5, 5.41) is 7.43. The Morgan fingerprint density at radius 3 is 2.50 bits per heavy atom. The van der Waals surface area contributed by atoms with Gasteiger partial charge in [0.1, 0.15) is 12.4 Å². The number of ether oxygens (including phenoxy) is 2. The minimum Gasteiger partial charge on any atom is -0.496 e. The number of allylic oxidation sites excluding steroid dienone is 1. The molecule has 3 aromatic carbocycles. The zero-order chi connectivity index (χ0) is 21.1. The Morgan fingerprint density at radius 2 is 1.73 bits per heavy atom. The van der Waals surface area contributed by atoms with E-state index in [1.165, 1.54) is 0 Å². The maximum absolute atomic E-state index is 13.1.